The molecule has 0 radical (unpaired) electrons. The number of anilines is 1. The van der Waals surface area contributed by atoms with Crippen LogP contribution in [0.1, 0.15) is 20.3 Å². The lowest BCUT2D eigenvalue weighted by molar-refractivity contribution is -0.274. The zero-order chi connectivity index (χ0) is 21.2. The lowest BCUT2D eigenvalue weighted by Gasteiger charge is -2.30. The minimum Gasteiger partial charge on any atom is -0.480 e. The number of aliphatic carboxylic acids is 1. The number of alkyl halides is 3. The maximum absolute atomic E-state index is 13.2. The standard InChI is InChI=1S/C15H19F3N3O5PS/c1-4-14(2,12(22)23)21-27(24,8-25-3)20-13-19-10-6-5-9(7-11(10)28-13)26-15(16,17)18/h5-7H,4,8H2,1-3H3,(H,22,23)(H2,19,20,21,24). The van der Waals surface area contributed by atoms with Crippen molar-refractivity contribution in [3.63, 3.8) is 0 Å². The van der Waals surface area contributed by atoms with Crippen molar-refractivity contribution in [1.82, 2.24) is 10.1 Å². The van der Waals surface area contributed by atoms with Crippen LogP contribution in [0, 0.1) is 0 Å². The van der Waals surface area contributed by atoms with Crippen molar-refractivity contribution in [3.8, 4) is 5.75 Å². The van der Waals surface area contributed by atoms with Gasteiger partial charge in [-0.1, -0.05) is 18.3 Å². The summed E-state index contributed by atoms with van der Waals surface area (Å²) < 4.78 is 59.4. The molecule has 0 aliphatic heterocycles. The summed E-state index contributed by atoms with van der Waals surface area (Å²) in [5.74, 6) is -1.59. The molecule has 2 rings (SSSR count). The summed E-state index contributed by atoms with van der Waals surface area (Å²) in [5, 5.41) is 14.8. The van der Waals surface area contributed by atoms with Crippen molar-refractivity contribution < 1.29 is 37.1 Å². The third-order valence-electron chi connectivity index (χ3n) is 3.79. The van der Waals surface area contributed by atoms with Gasteiger partial charge in [0.15, 0.2) is 5.13 Å². The molecule has 3 N–H and O–H groups in total. The molecule has 0 amide bonds. The fourth-order valence-electron chi connectivity index (χ4n) is 2.26. The van der Waals surface area contributed by atoms with Gasteiger partial charge < -0.3 is 14.6 Å². The van der Waals surface area contributed by atoms with Gasteiger partial charge in [-0.25, -0.2) is 10.1 Å². The molecule has 0 aliphatic rings. The van der Waals surface area contributed by atoms with E-state index in [1.54, 1.807) is 6.92 Å². The van der Waals surface area contributed by atoms with Gasteiger partial charge in [-0.3, -0.25) is 14.4 Å². The van der Waals surface area contributed by atoms with Crippen LogP contribution in [0.25, 0.3) is 10.2 Å². The van der Waals surface area contributed by atoms with Gasteiger partial charge in [0.1, 0.15) is 17.6 Å². The number of hydrogen-bond acceptors (Lipinski definition) is 6. The first-order valence-electron chi connectivity index (χ1n) is 7.95. The van der Waals surface area contributed by atoms with Gasteiger partial charge in [-0.05, 0) is 25.5 Å². The molecule has 156 valence electrons. The normalized spacial score (nSPS) is 16.4. The second-order valence-corrected chi connectivity index (χ2v) is 9.28. The monoisotopic (exact) mass is 441 g/mol. The maximum Gasteiger partial charge on any atom is 0.573 e. The SMILES string of the molecule is CCC(C)(NP(=O)(COC)Nc1nc2ccc(OC(F)(F)F)cc2s1)C(=O)O. The van der Waals surface area contributed by atoms with Crippen molar-refractivity contribution in [2.24, 2.45) is 0 Å². The largest absolute Gasteiger partial charge is 0.573 e. The molecule has 0 saturated heterocycles. The fourth-order valence-corrected chi connectivity index (χ4v) is 5.58. The van der Waals surface area contributed by atoms with Crippen molar-refractivity contribution in [2.45, 2.75) is 32.2 Å². The average molecular weight is 441 g/mol. The number of nitrogens with one attached hydrogen (secondary N) is 2. The topological polar surface area (TPSA) is 110 Å². The van der Waals surface area contributed by atoms with Crippen LogP contribution in [0.15, 0.2) is 18.2 Å². The number of carboxylic acid groups (broad SMARTS) is 1. The molecular formula is C15H19F3N3O5PS. The number of rotatable bonds is 9. The van der Waals surface area contributed by atoms with Crippen molar-refractivity contribution in [1.29, 1.82) is 0 Å². The number of aromatic nitrogens is 1. The molecule has 13 heteroatoms. The Hall–Kier alpha value is -1.88. The first-order chi connectivity index (χ1) is 12.9. The summed E-state index contributed by atoms with van der Waals surface area (Å²) in [6.45, 7) is 3.01. The Bertz CT molecular complexity index is 907. The van der Waals surface area contributed by atoms with E-state index < -0.39 is 31.1 Å². The molecule has 0 bridgehead atoms. The number of benzene rings is 1. The summed E-state index contributed by atoms with van der Waals surface area (Å²) in [6.07, 6.45) is -5.00. The van der Waals surface area contributed by atoms with Gasteiger partial charge in [0.05, 0.1) is 10.2 Å². The molecule has 0 aliphatic carbocycles. The number of carbonyl (C=O) groups is 1. The summed E-state index contributed by atoms with van der Waals surface area (Å²) >= 11 is 0.947. The molecule has 1 aromatic heterocycles. The molecule has 0 fully saturated rings. The van der Waals surface area contributed by atoms with Crippen LogP contribution in [0.5, 0.6) is 5.75 Å². The number of hydrogen-bond donors (Lipinski definition) is 3. The van der Waals surface area contributed by atoms with Crippen LogP contribution >= 0.6 is 18.8 Å². The van der Waals surface area contributed by atoms with E-state index in [2.05, 4.69) is 19.9 Å². The maximum atomic E-state index is 13.2. The predicted molar refractivity (Wildman–Crippen MR) is 98.9 cm³/mol. The van der Waals surface area contributed by atoms with Gasteiger partial charge in [0.25, 0.3) is 7.44 Å². The second-order valence-electron chi connectivity index (χ2n) is 6.07. The van der Waals surface area contributed by atoms with Crippen LogP contribution in [-0.2, 0) is 14.1 Å². The minimum atomic E-state index is -4.82. The van der Waals surface area contributed by atoms with Crippen LogP contribution in [0.3, 0.4) is 0 Å². The summed E-state index contributed by atoms with van der Waals surface area (Å²) in [5.41, 5.74) is -1.12. The first kappa shape index (κ1) is 22.4. The molecule has 0 spiro atoms. The Balaban J connectivity index is 2.30. The highest BCUT2D eigenvalue weighted by atomic mass is 32.1. The zero-order valence-electron chi connectivity index (χ0n) is 15.2. The highest BCUT2D eigenvalue weighted by Crippen LogP contribution is 2.45. The number of fused-ring (bicyclic) bond motifs is 1. The fraction of sp³-hybridized carbons (Fsp3) is 0.467. The lowest BCUT2D eigenvalue weighted by Crippen LogP contribution is -2.48. The van der Waals surface area contributed by atoms with E-state index in [4.69, 9.17) is 4.74 Å². The highest BCUT2D eigenvalue weighted by molar-refractivity contribution is 7.63. The number of halogens is 3. The van der Waals surface area contributed by atoms with E-state index in [0.717, 1.165) is 23.5 Å². The average Bonchev–Trinajstić information content (AvgIpc) is 2.93. The molecule has 2 atom stereocenters. The molecule has 28 heavy (non-hydrogen) atoms. The first-order valence-corrected chi connectivity index (χ1v) is 10.7. The molecule has 1 heterocycles. The number of carboxylic acids is 1. The lowest BCUT2D eigenvalue weighted by atomic mass is 10.0. The van der Waals surface area contributed by atoms with Crippen molar-refractivity contribution in [3.05, 3.63) is 18.2 Å². The van der Waals surface area contributed by atoms with Gasteiger partial charge in [-0.2, -0.15) is 0 Å². The van der Waals surface area contributed by atoms with E-state index in [0.29, 0.717) is 10.2 Å². The van der Waals surface area contributed by atoms with E-state index in [9.17, 15) is 27.6 Å². The van der Waals surface area contributed by atoms with Crippen LogP contribution in [-0.4, -0.2) is 41.4 Å². The Morgan fingerprint density at radius 3 is 2.61 bits per heavy atom. The third-order valence-corrected chi connectivity index (χ3v) is 6.92. The van der Waals surface area contributed by atoms with Crippen molar-refractivity contribution in [2.75, 3.05) is 18.5 Å². The minimum absolute atomic E-state index is 0.135. The molecule has 0 saturated carbocycles. The Morgan fingerprint density at radius 2 is 2.07 bits per heavy atom. The second kappa shape index (κ2) is 8.24. The van der Waals surface area contributed by atoms with Gasteiger partial charge in [0, 0.05) is 13.2 Å². The van der Waals surface area contributed by atoms with E-state index in [1.807, 2.05) is 0 Å². The summed E-state index contributed by atoms with van der Waals surface area (Å²) in [7, 11) is -2.30. The Kier molecular flexibility index (Phi) is 6.59. The number of ether oxygens (including phenoxy) is 2. The molecular weight excluding hydrogens is 422 g/mol. The predicted octanol–water partition coefficient (Wildman–Crippen LogP) is 4.25. The number of nitrogens with zero attached hydrogens (tertiary/aromatic N) is 1. The van der Waals surface area contributed by atoms with Crippen LogP contribution in [0.4, 0.5) is 18.3 Å². The molecule has 1 aromatic carbocycles. The number of methoxy groups -OCH3 is 1. The highest BCUT2D eigenvalue weighted by Gasteiger charge is 2.39. The van der Waals surface area contributed by atoms with Gasteiger partial charge in [0.2, 0.25) is 0 Å². The third kappa shape index (κ3) is 5.57. The van der Waals surface area contributed by atoms with Crippen LogP contribution < -0.4 is 14.9 Å². The van der Waals surface area contributed by atoms with E-state index in [-0.39, 0.29) is 17.9 Å². The zero-order valence-corrected chi connectivity index (χ0v) is 16.9. The smallest absolute Gasteiger partial charge is 0.480 e. The molecule has 2 aromatic rings. The quantitative estimate of drug-likeness (QED) is 0.496. The van der Waals surface area contributed by atoms with Gasteiger partial charge in [-0.15, -0.1) is 13.2 Å². The number of thiazole rings is 1. The molecule has 2 unspecified atom stereocenters. The Morgan fingerprint density at radius 1 is 1.39 bits per heavy atom. The van der Waals surface area contributed by atoms with E-state index >= 15 is 0 Å². The van der Waals surface area contributed by atoms with Crippen molar-refractivity contribution >= 4 is 40.1 Å². The van der Waals surface area contributed by atoms with Crippen LogP contribution in [0.2, 0.25) is 0 Å². The summed E-state index contributed by atoms with van der Waals surface area (Å²) in [6, 6.07) is 3.61. The Labute approximate surface area is 162 Å². The molecule has 8 nitrogen and oxygen atoms in total. The van der Waals surface area contributed by atoms with E-state index in [1.165, 1.54) is 20.1 Å². The summed E-state index contributed by atoms with van der Waals surface area (Å²) in [4.78, 5) is 15.7. The van der Waals surface area contributed by atoms with Gasteiger partial charge >= 0.3 is 12.3 Å².